The normalized spacial score (nSPS) is 23.9. The number of carboxylic acid groups (broad SMARTS) is 2. The summed E-state index contributed by atoms with van der Waals surface area (Å²) in [5, 5.41) is 32.6. The molecule has 0 spiro atoms. The van der Waals surface area contributed by atoms with Gasteiger partial charge in [-0.1, -0.05) is 35.4 Å². The van der Waals surface area contributed by atoms with E-state index < -0.39 is 109 Å². The fourth-order valence-electron chi connectivity index (χ4n) is 4.17. The number of aliphatic imine (C=N–C) groups is 1. The summed E-state index contributed by atoms with van der Waals surface area (Å²) in [5.74, 6) is -10.2. The zero-order valence-corrected chi connectivity index (χ0v) is 29.0. The second-order valence-corrected chi connectivity index (χ2v) is 13.8. The van der Waals surface area contributed by atoms with Gasteiger partial charge in [-0.05, 0) is 18.8 Å². The molecule has 0 aliphatic carbocycles. The number of hydrogen-bond acceptors (Lipinski definition) is 12. The van der Waals surface area contributed by atoms with Gasteiger partial charge in [-0.3, -0.25) is 48.1 Å². The van der Waals surface area contributed by atoms with Crippen LogP contribution in [0, 0.1) is 5.92 Å². The topological polar surface area (TPSA) is 357 Å². The summed E-state index contributed by atoms with van der Waals surface area (Å²) in [5.41, 5.74) is 16.1. The van der Waals surface area contributed by atoms with Crippen LogP contribution in [-0.2, 0) is 43.2 Å². The van der Waals surface area contributed by atoms with Crippen molar-refractivity contribution in [2.45, 2.75) is 76.2 Å². The summed E-state index contributed by atoms with van der Waals surface area (Å²) in [6.45, 7) is 2.45. The molecule has 0 aromatic rings. The minimum absolute atomic E-state index is 0.0361. The Bertz CT molecular complexity index is 1310. The molecule has 5 atom stereocenters. The Morgan fingerprint density at radius 1 is 0.780 bits per heavy atom. The van der Waals surface area contributed by atoms with Crippen molar-refractivity contribution in [1.29, 1.82) is 0 Å². The third-order valence-corrected chi connectivity index (χ3v) is 9.11. The maximum Gasteiger partial charge on any atom is 0.305 e. The average molecular weight is 749 g/mol. The van der Waals surface area contributed by atoms with E-state index >= 15 is 0 Å². The lowest BCUT2D eigenvalue weighted by atomic mass is 10.0. The number of nitrogens with two attached hydrogens (primary N) is 3. The second-order valence-electron chi connectivity index (χ2n) is 11.2. The first-order valence-corrected chi connectivity index (χ1v) is 17.7. The fourth-order valence-corrected chi connectivity index (χ4v) is 6.34. The molecule has 50 heavy (non-hydrogen) atoms. The summed E-state index contributed by atoms with van der Waals surface area (Å²) in [7, 11) is 2.28. The lowest BCUT2D eigenvalue weighted by Crippen LogP contribution is -2.60. The molecule has 1 saturated heterocycles. The number of aliphatic carboxylic acids is 2. The smallest absolute Gasteiger partial charge is 0.305 e. The van der Waals surface area contributed by atoms with Gasteiger partial charge < -0.3 is 59.3 Å². The van der Waals surface area contributed by atoms with Crippen LogP contribution in [-0.4, -0.2) is 124 Å². The minimum Gasteiger partial charge on any atom is -0.481 e. The molecule has 3 unspecified atom stereocenters. The van der Waals surface area contributed by atoms with Crippen LogP contribution < -0.4 is 49.1 Å². The Morgan fingerprint density at radius 2 is 1.36 bits per heavy atom. The largest absolute Gasteiger partial charge is 0.481 e. The summed E-state index contributed by atoms with van der Waals surface area (Å²) in [4.78, 5) is 117. The molecule has 0 aromatic heterocycles. The molecule has 21 nitrogen and oxygen atoms in total. The van der Waals surface area contributed by atoms with Gasteiger partial charge in [-0.15, -0.1) is 0 Å². The van der Waals surface area contributed by atoms with E-state index in [0.717, 1.165) is 10.8 Å². The number of rotatable bonds is 10. The molecule has 0 bridgehead atoms. The Balaban J connectivity index is 3.40. The standard InChI is InChI=1S/C27H44N10O11S2/c1-12(2)21-26(48)36-16(22(28)44)11-50-49-7-5-17(38)33-13(4-3-6-31-27(29)30)23(45)32-10-18(39)34-14(8-19(40)41)24(46)35-15(9-20(42)43)25(47)37-21/h12-16,21H,3-11H2,1-2H3,(H2,28,44)(H,32,45)(H,33,38)(H,34,39)(H,35,46)(H,36,48)(H,37,47)(H,40,41)(H,42,43)(H4,29,30,31)/t13-,14-,15?,16?,21?/m0/s1. The number of carboxylic acids is 2. The summed E-state index contributed by atoms with van der Waals surface area (Å²) in [6.07, 6.45) is -1.78. The van der Waals surface area contributed by atoms with Crippen molar-refractivity contribution in [3.8, 4) is 0 Å². The Kier molecular flexibility index (Phi) is 19.0. The Labute approximate surface area is 294 Å². The lowest BCUT2D eigenvalue weighted by Gasteiger charge is -2.27. The summed E-state index contributed by atoms with van der Waals surface area (Å²) < 4.78 is 0. The predicted octanol–water partition coefficient (Wildman–Crippen LogP) is -4.54. The summed E-state index contributed by atoms with van der Waals surface area (Å²) in [6, 6.07) is -7.40. The molecule has 1 aliphatic rings. The predicted molar refractivity (Wildman–Crippen MR) is 181 cm³/mol. The molecule has 7 amide bonds. The highest BCUT2D eigenvalue weighted by Crippen LogP contribution is 2.23. The van der Waals surface area contributed by atoms with Gasteiger partial charge in [0.15, 0.2) is 5.96 Å². The number of carbonyl (C=O) groups is 9. The van der Waals surface area contributed by atoms with E-state index in [-0.39, 0.29) is 43.3 Å². The number of hydrogen-bond donors (Lipinski definition) is 11. The lowest BCUT2D eigenvalue weighted by molar-refractivity contribution is -0.143. The Hall–Kier alpha value is -4.80. The highest BCUT2D eigenvalue weighted by atomic mass is 33.1. The third-order valence-electron chi connectivity index (χ3n) is 6.70. The molecule has 1 fully saturated rings. The van der Waals surface area contributed by atoms with Gasteiger partial charge >= 0.3 is 11.9 Å². The fraction of sp³-hybridized carbons (Fsp3) is 0.630. The second kappa shape index (κ2) is 22.0. The molecule has 0 aromatic carbocycles. The van der Waals surface area contributed by atoms with Crippen molar-refractivity contribution in [3.05, 3.63) is 0 Å². The van der Waals surface area contributed by atoms with Crippen LogP contribution in [0.15, 0.2) is 4.99 Å². The minimum atomic E-state index is -1.84. The van der Waals surface area contributed by atoms with E-state index in [2.05, 4.69) is 36.9 Å². The molecule has 0 saturated carbocycles. The first-order valence-electron chi connectivity index (χ1n) is 15.2. The monoisotopic (exact) mass is 748 g/mol. The third kappa shape index (κ3) is 17.0. The SMILES string of the molecule is CC(C)C1NC(=O)C(CC(=O)O)NC(=O)[C@H](CC(=O)O)NC(=O)CNC(=O)[C@H](CCCN=C(N)N)NC(=O)CCSSCC(C(N)=O)NC1=O. The zero-order valence-electron chi connectivity index (χ0n) is 27.4. The molecule has 0 radical (unpaired) electrons. The van der Waals surface area contributed by atoms with Gasteiger partial charge in [0.2, 0.25) is 41.4 Å². The van der Waals surface area contributed by atoms with Crippen molar-refractivity contribution in [2.24, 2.45) is 28.1 Å². The van der Waals surface area contributed by atoms with Crippen molar-refractivity contribution in [2.75, 3.05) is 24.6 Å². The van der Waals surface area contributed by atoms with Crippen LogP contribution in [0.4, 0.5) is 0 Å². The average Bonchev–Trinajstić information content (AvgIpc) is 3.00. The van der Waals surface area contributed by atoms with Crippen molar-refractivity contribution >= 4 is 80.8 Å². The van der Waals surface area contributed by atoms with E-state index in [0.29, 0.717) is 0 Å². The number of guanidine groups is 1. The van der Waals surface area contributed by atoms with E-state index in [1.54, 1.807) is 13.8 Å². The van der Waals surface area contributed by atoms with Crippen LogP contribution in [0.5, 0.6) is 0 Å². The first-order chi connectivity index (χ1) is 23.4. The van der Waals surface area contributed by atoms with E-state index in [1.165, 1.54) is 10.8 Å². The number of amides is 7. The van der Waals surface area contributed by atoms with Gasteiger partial charge in [-0.25, -0.2) is 0 Å². The zero-order chi connectivity index (χ0) is 38.0. The maximum atomic E-state index is 13.2. The van der Waals surface area contributed by atoms with Crippen molar-refractivity contribution in [3.63, 3.8) is 0 Å². The molecule has 14 N–H and O–H groups in total. The number of primary amides is 1. The number of nitrogens with one attached hydrogen (secondary N) is 6. The highest BCUT2D eigenvalue weighted by Gasteiger charge is 2.34. The molecule has 280 valence electrons. The van der Waals surface area contributed by atoms with Crippen molar-refractivity contribution < 1.29 is 53.4 Å². The van der Waals surface area contributed by atoms with E-state index in [9.17, 15) is 53.4 Å². The maximum absolute atomic E-state index is 13.2. The van der Waals surface area contributed by atoms with Gasteiger partial charge in [0, 0.05) is 24.5 Å². The van der Waals surface area contributed by atoms with Crippen LogP contribution in [0.1, 0.15) is 46.0 Å². The van der Waals surface area contributed by atoms with Gasteiger partial charge in [0.25, 0.3) is 0 Å². The summed E-state index contributed by atoms with van der Waals surface area (Å²) >= 11 is 0. The highest BCUT2D eigenvalue weighted by molar-refractivity contribution is 8.76. The van der Waals surface area contributed by atoms with Crippen LogP contribution >= 0.6 is 21.6 Å². The number of carbonyl (C=O) groups excluding carboxylic acids is 7. The van der Waals surface area contributed by atoms with Crippen LogP contribution in [0.3, 0.4) is 0 Å². The molecule has 1 aliphatic heterocycles. The van der Waals surface area contributed by atoms with Gasteiger partial charge in [-0.2, -0.15) is 0 Å². The molecule has 1 rings (SSSR count). The Morgan fingerprint density at radius 3 is 1.92 bits per heavy atom. The van der Waals surface area contributed by atoms with E-state index in [4.69, 9.17) is 17.2 Å². The molecule has 23 heteroatoms. The molecular weight excluding hydrogens is 704 g/mol. The first kappa shape index (κ1) is 43.2. The van der Waals surface area contributed by atoms with Gasteiger partial charge in [0.1, 0.15) is 30.2 Å². The van der Waals surface area contributed by atoms with Crippen molar-refractivity contribution in [1.82, 2.24) is 31.9 Å². The van der Waals surface area contributed by atoms with Crippen LogP contribution in [0.25, 0.3) is 0 Å². The number of nitrogens with zero attached hydrogens (tertiary/aromatic N) is 1. The van der Waals surface area contributed by atoms with Gasteiger partial charge in [0.05, 0.1) is 19.4 Å². The van der Waals surface area contributed by atoms with Crippen LogP contribution in [0.2, 0.25) is 0 Å². The molecule has 1 heterocycles. The van der Waals surface area contributed by atoms with E-state index in [1.807, 2.05) is 0 Å². The molecular formula is C27H44N10O11S2. The quantitative estimate of drug-likeness (QED) is 0.0434.